The quantitative estimate of drug-likeness (QED) is 0.0598. The van der Waals surface area contributed by atoms with Crippen molar-refractivity contribution in [2.75, 3.05) is 44.9 Å². The average molecular weight is 1130 g/mol. The van der Waals surface area contributed by atoms with Gasteiger partial charge < -0.3 is 94.9 Å². The van der Waals surface area contributed by atoms with E-state index in [-0.39, 0.29) is 34.6 Å². The maximum absolute atomic E-state index is 12.2. The standard InChI is InChI=1S/2C18H14ClN3O3.C7H14O7.C7H12O7/c2*1-18(24,11-25-14-6-3-12(10-20)4-7-14)17(23)22-13-5-8-16(21-2)15(19)9-13;1-12-6-4(10)3(9)5(11)7(14-6)13-2-8;1-13-7-4(10)2(8)3(9)5(14-7)6(11)12/h2*3-9,24H,11H2,1H3,(H,22,23);3-11H,2H2,1H3;2-5,7-10H,1H3,(H,11,12)/t2*18-;;/m00../s1. The van der Waals surface area contributed by atoms with Crippen molar-refractivity contribution in [2.45, 2.75) is 86.6 Å². The molecule has 2 aliphatic rings. The fraction of sp³-hybridized carbons (Fsp3) is 0.380. The van der Waals surface area contributed by atoms with Crippen LogP contribution in [0.15, 0.2) is 84.9 Å². The fourth-order valence-corrected chi connectivity index (χ4v) is 6.63. The van der Waals surface area contributed by atoms with Gasteiger partial charge in [0.05, 0.1) is 36.4 Å². The third kappa shape index (κ3) is 18.8. The molecule has 12 N–H and O–H groups in total. The highest BCUT2D eigenvalue weighted by atomic mass is 35.5. The Hall–Kier alpha value is -7.13. The van der Waals surface area contributed by atoms with Crippen LogP contribution in [0.25, 0.3) is 9.69 Å². The Morgan fingerprint density at radius 2 is 1.00 bits per heavy atom. The number of methoxy groups -OCH3 is 2. The maximum atomic E-state index is 12.2. The van der Waals surface area contributed by atoms with Crippen molar-refractivity contribution >= 4 is 63.7 Å². The van der Waals surface area contributed by atoms with Gasteiger partial charge in [0, 0.05) is 35.6 Å². The van der Waals surface area contributed by atoms with Gasteiger partial charge in [-0.1, -0.05) is 35.3 Å². The second-order valence-electron chi connectivity index (χ2n) is 16.7. The van der Waals surface area contributed by atoms with E-state index in [1.807, 2.05) is 12.1 Å². The first-order chi connectivity index (χ1) is 36.8. The number of amides is 2. The molecule has 0 spiro atoms. The minimum atomic E-state index is -1.79. The Balaban J connectivity index is 0.000000284. The van der Waals surface area contributed by atoms with Crippen LogP contribution in [0.1, 0.15) is 25.0 Å². The second-order valence-corrected chi connectivity index (χ2v) is 17.5. The molecular weight excluding hydrogens is 1080 g/mol. The van der Waals surface area contributed by atoms with Crippen LogP contribution in [0.4, 0.5) is 22.7 Å². The molecule has 12 atom stereocenters. The number of carbonyl (C=O) groups is 3. The first kappa shape index (κ1) is 65.2. The lowest BCUT2D eigenvalue weighted by molar-refractivity contribution is -0.353. The second kappa shape index (κ2) is 30.7. The summed E-state index contributed by atoms with van der Waals surface area (Å²) in [6, 6.07) is 25.5. The largest absolute Gasteiger partial charge is 0.490 e. The van der Waals surface area contributed by atoms with Crippen LogP contribution in [-0.4, -0.2) is 176 Å². The van der Waals surface area contributed by atoms with Crippen molar-refractivity contribution in [3.63, 3.8) is 0 Å². The van der Waals surface area contributed by atoms with Crippen molar-refractivity contribution in [3.05, 3.63) is 129 Å². The van der Waals surface area contributed by atoms with Gasteiger partial charge in [0.15, 0.2) is 36.2 Å². The van der Waals surface area contributed by atoms with E-state index < -0.39 is 97.4 Å². The first-order valence-electron chi connectivity index (χ1n) is 22.4. The summed E-state index contributed by atoms with van der Waals surface area (Å²) in [6.45, 7) is 15.3. The zero-order chi connectivity index (χ0) is 58.5. The molecule has 2 heterocycles. The van der Waals surface area contributed by atoms with Gasteiger partial charge >= 0.3 is 5.97 Å². The summed E-state index contributed by atoms with van der Waals surface area (Å²) in [4.78, 5) is 41.5. The van der Waals surface area contributed by atoms with Gasteiger partial charge in [-0.15, -0.1) is 0 Å². The topological polar surface area (TPSA) is 398 Å². The number of aliphatic hydroxyl groups excluding tert-OH is 7. The molecule has 26 nitrogen and oxygen atoms in total. The van der Waals surface area contributed by atoms with Crippen LogP contribution in [0.2, 0.25) is 10.0 Å². The fourth-order valence-electron chi connectivity index (χ4n) is 6.18. The molecule has 4 aromatic rings. The van der Waals surface area contributed by atoms with Crippen LogP contribution >= 0.6 is 23.2 Å². The van der Waals surface area contributed by atoms with E-state index in [0.717, 1.165) is 0 Å². The molecule has 2 saturated heterocycles. The molecule has 4 aromatic carbocycles. The third-order valence-corrected chi connectivity index (χ3v) is 11.3. The lowest BCUT2D eigenvalue weighted by Crippen LogP contribution is -2.60. The molecule has 0 aromatic heterocycles. The molecule has 0 radical (unpaired) electrons. The smallest absolute Gasteiger partial charge is 0.335 e. The Labute approximate surface area is 455 Å². The number of nitriles is 2. The number of anilines is 2. The zero-order valence-electron chi connectivity index (χ0n) is 41.6. The monoisotopic (exact) mass is 1130 g/mol. The molecule has 10 unspecified atom stereocenters. The molecule has 418 valence electrons. The van der Waals surface area contributed by atoms with Crippen LogP contribution < -0.4 is 20.1 Å². The molecule has 0 bridgehead atoms. The molecule has 6 rings (SSSR count). The maximum Gasteiger partial charge on any atom is 0.335 e. The van der Waals surface area contributed by atoms with E-state index in [0.29, 0.717) is 34.0 Å². The van der Waals surface area contributed by atoms with Gasteiger partial charge in [-0.3, -0.25) is 9.59 Å². The Morgan fingerprint density at radius 3 is 1.33 bits per heavy atom. The number of halogens is 2. The van der Waals surface area contributed by atoms with Crippen LogP contribution in [0, 0.1) is 35.8 Å². The van der Waals surface area contributed by atoms with E-state index >= 15 is 0 Å². The normalized spacial score (nSPS) is 23.6. The van der Waals surface area contributed by atoms with Gasteiger partial charge in [0.25, 0.3) is 11.8 Å². The number of carboxylic acid groups (broad SMARTS) is 1. The Morgan fingerprint density at radius 1 is 0.628 bits per heavy atom. The van der Waals surface area contributed by atoms with Gasteiger partial charge in [-0.25, -0.2) is 14.5 Å². The minimum Gasteiger partial charge on any atom is -0.490 e. The van der Waals surface area contributed by atoms with E-state index in [2.05, 4.69) is 29.8 Å². The van der Waals surface area contributed by atoms with Gasteiger partial charge in [-0.05, 0) is 86.6 Å². The van der Waals surface area contributed by atoms with Crippen molar-refractivity contribution in [1.82, 2.24) is 0 Å². The number of nitrogens with one attached hydrogen (secondary N) is 2. The highest BCUT2D eigenvalue weighted by Gasteiger charge is 2.47. The number of rotatable bonds is 15. The SMILES string of the molecule is COC1OC(C(=O)O)C(O)C(O)C1O.COC1OC(OCO)C(O)C(O)C1O.[C-]#[N+]c1ccc(NC(=O)[C@@](C)(O)COc2ccc(C#N)cc2)cc1Cl.[C-]#[N+]c1ccc(NC(=O)[C@@](C)(O)COc2ccc(C#N)cc2)cc1Cl. The lowest BCUT2D eigenvalue weighted by atomic mass is 9.99. The summed E-state index contributed by atoms with van der Waals surface area (Å²) in [5.74, 6) is -1.92. The molecule has 28 heteroatoms. The first-order valence-corrected chi connectivity index (χ1v) is 23.1. The van der Waals surface area contributed by atoms with Gasteiger partial charge in [0.2, 0.25) is 11.4 Å². The molecule has 78 heavy (non-hydrogen) atoms. The van der Waals surface area contributed by atoms with Gasteiger partial charge in [0.1, 0.15) is 68.1 Å². The number of benzene rings is 4. The molecule has 0 saturated carbocycles. The highest BCUT2D eigenvalue weighted by molar-refractivity contribution is 6.34. The molecule has 2 fully saturated rings. The third-order valence-electron chi connectivity index (χ3n) is 10.7. The Kier molecular flexibility index (Phi) is 25.7. The lowest BCUT2D eigenvalue weighted by Gasteiger charge is -2.38. The number of ether oxygens (including phenoxy) is 7. The number of carboxylic acids is 1. The number of aliphatic carboxylic acids is 1. The number of hydrogen-bond acceptors (Lipinski definition) is 21. The zero-order valence-corrected chi connectivity index (χ0v) is 43.1. The van der Waals surface area contributed by atoms with E-state index in [1.54, 1.807) is 48.5 Å². The van der Waals surface area contributed by atoms with E-state index in [9.17, 15) is 55.2 Å². The van der Waals surface area contributed by atoms with Crippen LogP contribution in [-0.2, 0) is 38.1 Å². The van der Waals surface area contributed by atoms with Crippen LogP contribution in [0.5, 0.6) is 11.5 Å². The number of carbonyl (C=O) groups excluding carboxylic acids is 2. The predicted molar refractivity (Wildman–Crippen MR) is 270 cm³/mol. The minimum absolute atomic E-state index is 0.210. The molecule has 2 amide bonds. The van der Waals surface area contributed by atoms with Gasteiger partial charge in [-0.2, -0.15) is 10.5 Å². The highest BCUT2D eigenvalue weighted by Crippen LogP contribution is 2.30. The average Bonchev–Trinajstić information content (AvgIpc) is 3.43. The van der Waals surface area contributed by atoms with Crippen molar-refractivity contribution in [1.29, 1.82) is 10.5 Å². The summed E-state index contributed by atoms with van der Waals surface area (Å²) in [7, 11) is 2.46. The molecule has 2 aliphatic heterocycles. The summed E-state index contributed by atoms with van der Waals surface area (Å²) in [5, 5.41) is 116. The van der Waals surface area contributed by atoms with Crippen molar-refractivity contribution < 1.29 is 98.6 Å². The van der Waals surface area contributed by atoms with Crippen molar-refractivity contribution in [2.24, 2.45) is 0 Å². The Bertz CT molecular complexity index is 2650. The summed E-state index contributed by atoms with van der Waals surface area (Å²) in [6.07, 6.45) is -14.1. The summed E-state index contributed by atoms with van der Waals surface area (Å²) >= 11 is 11.8. The van der Waals surface area contributed by atoms with E-state index in [4.69, 9.17) is 80.8 Å². The molecule has 0 aliphatic carbocycles. The number of aliphatic hydroxyl groups is 9. The summed E-state index contributed by atoms with van der Waals surface area (Å²) < 4.78 is 34.3. The van der Waals surface area contributed by atoms with Crippen molar-refractivity contribution in [3.8, 4) is 23.6 Å². The number of nitrogens with zero attached hydrogens (tertiary/aromatic N) is 4. The predicted octanol–water partition coefficient (Wildman–Crippen LogP) is 1.95. The van der Waals surface area contributed by atoms with E-state index in [1.165, 1.54) is 64.5 Å². The molecular formula is C50H54Cl2N6O20. The number of hydrogen-bond donors (Lipinski definition) is 12. The van der Waals surface area contributed by atoms with Crippen LogP contribution in [0.3, 0.4) is 0 Å². The summed E-state index contributed by atoms with van der Waals surface area (Å²) in [5.41, 5.74) is -1.35.